The van der Waals surface area contributed by atoms with Gasteiger partial charge >= 0.3 is 0 Å². The lowest BCUT2D eigenvalue weighted by Gasteiger charge is -2.22. The van der Waals surface area contributed by atoms with Crippen LogP contribution >= 0.6 is 0 Å². The number of rotatable bonds is 9. The summed E-state index contributed by atoms with van der Waals surface area (Å²) in [4.78, 5) is 25.8. The average molecular weight is 419 g/mol. The molecular weight excluding hydrogens is 397 g/mol. The number of nitrogens with one attached hydrogen (secondary N) is 2. The number of carbonyl (C=O) groups excluding carboxylic acids is 1. The van der Waals surface area contributed by atoms with E-state index in [1.165, 1.54) is 43.8 Å². The van der Waals surface area contributed by atoms with E-state index in [1.54, 1.807) is 13.3 Å². The van der Waals surface area contributed by atoms with E-state index in [1.807, 2.05) is 30.3 Å². The summed E-state index contributed by atoms with van der Waals surface area (Å²) in [7, 11) is 3.05. The molecule has 2 unspecified atom stereocenters. The van der Waals surface area contributed by atoms with Crippen LogP contribution in [0.1, 0.15) is 23.1 Å². The van der Waals surface area contributed by atoms with Gasteiger partial charge in [0.2, 0.25) is 11.7 Å². The van der Waals surface area contributed by atoms with Gasteiger partial charge in [-0.3, -0.25) is 14.8 Å². The molecule has 8 heteroatoms. The van der Waals surface area contributed by atoms with Crippen LogP contribution in [0, 0.1) is 11.2 Å². The van der Waals surface area contributed by atoms with Crippen LogP contribution in [0.15, 0.2) is 72.0 Å². The number of aromatic nitrogens is 2. The first-order valence-corrected chi connectivity index (χ1v) is 9.51. The summed E-state index contributed by atoms with van der Waals surface area (Å²) in [5.41, 5.74) is 1.10. The van der Waals surface area contributed by atoms with Crippen LogP contribution in [0.25, 0.3) is 0 Å². The number of anilines is 1. The van der Waals surface area contributed by atoms with Crippen molar-refractivity contribution in [1.29, 1.82) is 5.41 Å². The first-order valence-electron chi connectivity index (χ1n) is 9.51. The van der Waals surface area contributed by atoms with Gasteiger partial charge in [-0.05, 0) is 23.3 Å². The molecule has 0 aliphatic heterocycles. The summed E-state index contributed by atoms with van der Waals surface area (Å²) >= 11 is 0. The third kappa shape index (κ3) is 5.36. The molecule has 0 saturated heterocycles. The molecule has 0 fully saturated rings. The minimum Gasteiger partial charge on any atom is -0.480 e. The van der Waals surface area contributed by atoms with E-state index >= 15 is 0 Å². The Morgan fingerprint density at radius 1 is 1.13 bits per heavy atom. The summed E-state index contributed by atoms with van der Waals surface area (Å²) in [5.74, 6) is -0.989. The zero-order chi connectivity index (χ0) is 22.2. The third-order valence-electron chi connectivity index (χ3n) is 4.61. The van der Waals surface area contributed by atoms with Crippen molar-refractivity contribution >= 4 is 23.5 Å². The SMILES string of the molecule is CN=CC(C(=N)C(=O)C(Nc1cncc(OC)n1)c1ccc(F)cc1)c1ccccc1. The number of hydrogen-bond donors (Lipinski definition) is 2. The number of methoxy groups -OCH3 is 1. The molecule has 2 atom stereocenters. The van der Waals surface area contributed by atoms with Crippen molar-refractivity contribution in [2.45, 2.75) is 12.0 Å². The Labute approximate surface area is 179 Å². The highest BCUT2D eigenvalue weighted by Crippen LogP contribution is 2.25. The molecule has 2 N–H and O–H groups in total. The van der Waals surface area contributed by atoms with Gasteiger partial charge < -0.3 is 15.5 Å². The predicted octanol–water partition coefficient (Wildman–Crippen LogP) is 3.85. The Morgan fingerprint density at radius 3 is 2.48 bits per heavy atom. The summed E-state index contributed by atoms with van der Waals surface area (Å²) < 4.78 is 18.6. The predicted molar refractivity (Wildman–Crippen MR) is 118 cm³/mol. The number of Topliss-reactive ketones (excluding diaryl/α,β-unsaturated/α-hetero) is 1. The standard InChI is InChI=1S/C23H22FN5O2/c1-26-12-18(15-6-4-3-5-7-15)21(25)23(30)22(16-8-10-17(24)11-9-16)29-19-13-27-14-20(28-19)31-2/h3-14,18,22,25H,1-2H3,(H,28,29). The van der Waals surface area contributed by atoms with Gasteiger partial charge in [0.05, 0.1) is 31.1 Å². The quantitative estimate of drug-likeness (QED) is 0.513. The average Bonchev–Trinajstić information content (AvgIpc) is 2.81. The van der Waals surface area contributed by atoms with Crippen LogP contribution in [-0.4, -0.2) is 41.8 Å². The second-order valence-corrected chi connectivity index (χ2v) is 6.65. The van der Waals surface area contributed by atoms with Gasteiger partial charge in [0.1, 0.15) is 17.7 Å². The Kier molecular flexibility index (Phi) is 7.16. The molecule has 3 rings (SSSR count). The Hall–Kier alpha value is -3.94. The molecule has 0 spiro atoms. The fourth-order valence-corrected chi connectivity index (χ4v) is 3.06. The highest BCUT2D eigenvalue weighted by Gasteiger charge is 2.30. The molecule has 0 bridgehead atoms. The van der Waals surface area contributed by atoms with Crippen molar-refractivity contribution in [2.24, 2.45) is 4.99 Å². The summed E-state index contributed by atoms with van der Waals surface area (Å²) in [6, 6.07) is 13.8. The molecule has 0 aliphatic rings. The van der Waals surface area contributed by atoms with Crippen LogP contribution in [0.2, 0.25) is 0 Å². The van der Waals surface area contributed by atoms with E-state index in [0.29, 0.717) is 5.56 Å². The molecule has 7 nitrogen and oxygen atoms in total. The van der Waals surface area contributed by atoms with Gasteiger partial charge in [-0.25, -0.2) is 4.39 Å². The fraction of sp³-hybridized carbons (Fsp3) is 0.174. The van der Waals surface area contributed by atoms with E-state index in [0.717, 1.165) is 5.56 Å². The number of ketones is 1. The second kappa shape index (κ2) is 10.2. The van der Waals surface area contributed by atoms with Gasteiger partial charge in [0.25, 0.3) is 0 Å². The molecule has 1 aromatic heterocycles. The Bertz CT molecular complexity index is 1070. The van der Waals surface area contributed by atoms with Crippen molar-refractivity contribution in [2.75, 3.05) is 19.5 Å². The number of aliphatic imine (C=N–C) groups is 1. The smallest absolute Gasteiger partial charge is 0.233 e. The number of halogens is 1. The third-order valence-corrected chi connectivity index (χ3v) is 4.61. The van der Waals surface area contributed by atoms with Gasteiger partial charge in [-0.15, -0.1) is 0 Å². The number of hydrogen-bond acceptors (Lipinski definition) is 7. The first-order chi connectivity index (χ1) is 15.0. The number of ether oxygens (including phenoxy) is 1. The lowest BCUT2D eigenvalue weighted by atomic mass is 9.88. The second-order valence-electron chi connectivity index (χ2n) is 6.65. The number of benzene rings is 2. The monoisotopic (exact) mass is 419 g/mol. The normalized spacial score (nSPS) is 12.9. The van der Waals surface area contributed by atoms with Crippen molar-refractivity contribution in [3.8, 4) is 5.88 Å². The first kappa shape index (κ1) is 21.8. The van der Waals surface area contributed by atoms with Crippen LogP contribution in [0.3, 0.4) is 0 Å². The Morgan fingerprint density at radius 2 is 1.84 bits per heavy atom. The molecule has 1 heterocycles. The highest BCUT2D eigenvalue weighted by molar-refractivity contribution is 6.45. The molecule has 0 saturated carbocycles. The minimum atomic E-state index is -0.981. The maximum Gasteiger partial charge on any atom is 0.233 e. The fourth-order valence-electron chi connectivity index (χ4n) is 3.06. The van der Waals surface area contributed by atoms with E-state index in [4.69, 9.17) is 10.1 Å². The highest BCUT2D eigenvalue weighted by atomic mass is 19.1. The van der Waals surface area contributed by atoms with Crippen LogP contribution in [0.5, 0.6) is 5.88 Å². The molecule has 0 amide bonds. The maximum absolute atomic E-state index is 13.5. The summed E-state index contributed by atoms with van der Waals surface area (Å²) in [6.45, 7) is 0. The number of carbonyl (C=O) groups is 1. The largest absolute Gasteiger partial charge is 0.480 e. The van der Waals surface area contributed by atoms with Crippen molar-refractivity contribution in [1.82, 2.24) is 9.97 Å². The van der Waals surface area contributed by atoms with Crippen LogP contribution in [-0.2, 0) is 4.79 Å². The molecule has 0 radical (unpaired) electrons. The molecule has 31 heavy (non-hydrogen) atoms. The molecule has 3 aromatic rings. The zero-order valence-electron chi connectivity index (χ0n) is 17.1. The molecule has 2 aromatic carbocycles. The van der Waals surface area contributed by atoms with Gasteiger partial charge in [-0.2, -0.15) is 4.98 Å². The van der Waals surface area contributed by atoms with E-state index in [9.17, 15) is 9.18 Å². The summed E-state index contributed by atoms with van der Waals surface area (Å²) in [5, 5.41) is 11.7. The van der Waals surface area contributed by atoms with E-state index in [2.05, 4.69) is 20.3 Å². The van der Waals surface area contributed by atoms with Gasteiger partial charge in [0.15, 0.2) is 0 Å². The van der Waals surface area contributed by atoms with Crippen LogP contribution < -0.4 is 10.1 Å². The zero-order valence-corrected chi connectivity index (χ0v) is 17.1. The lowest BCUT2D eigenvalue weighted by Crippen LogP contribution is -2.32. The number of nitrogens with zero attached hydrogens (tertiary/aromatic N) is 3. The topological polar surface area (TPSA) is 100 Å². The molecule has 158 valence electrons. The lowest BCUT2D eigenvalue weighted by molar-refractivity contribution is -0.113. The van der Waals surface area contributed by atoms with E-state index in [-0.39, 0.29) is 17.4 Å². The van der Waals surface area contributed by atoms with Crippen molar-refractivity contribution in [3.05, 3.63) is 83.9 Å². The summed E-state index contributed by atoms with van der Waals surface area (Å²) in [6.07, 6.45) is 4.44. The molecular formula is C23H22FN5O2. The maximum atomic E-state index is 13.5. The van der Waals surface area contributed by atoms with Crippen molar-refractivity contribution in [3.63, 3.8) is 0 Å². The van der Waals surface area contributed by atoms with Crippen molar-refractivity contribution < 1.29 is 13.9 Å². The Balaban J connectivity index is 1.97. The minimum absolute atomic E-state index is 0.158. The molecule has 0 aliphatic carbocycles. The van der Waals surface area contributed by atoms with E-state index < -0.39 is 23.6 Å². The van der Waals surface area contributed by atoms with Crippen LogP contribution in [0.4, 0.5) is 10.2 Å². The van der Waals surface area contributed by atoms with Gasteiger partial charge in [-0.1, -0.05) is 42.5 Å². The van der Waals surface area contributed by atoms with Gasteiger partial charge in [0, 0.05) is 13.3 Å².